The van der Waals surface area contributed by atoms with Crippen LogP contribution in [0.2, 0.25) is 0 Å². The van der Waals surface area contributed by atoms with Crippen LogP contribution < -0.4 is 5.32 Å². The van der Waals surface area contributed by atoms with Crippen LogP contribution in [-0.4, -0.2) is 50.1 Å². The summed E-state index contributed by atoms with van der Waals surface area (Å²) in [5.41, 5.74) is 1.03. The number of carbonyl (C=O) groups is 1. The Kier molecular flexibility index (Phi) is 4.72. The van der Waals surface area contributed by atoms with Gasteiger partial charge in [-0.2, -0.15) is 0 Å². The van der Waals surface area contributed by atoms with Crippen LogP contribution in [0.15, 0.2) is 34.6 Å². The Labute approximate surface area is 124 Å². The molecule has 1 saturated heterocycles. The topological polar surface area (TPSA) is 54.7 Å². The average molecular weight is 290 g/mol. The molecule has 1 N–H and O–H groups in total. The van der Waals surface area contributed by atoms with Gasteiger partial charge in [0, 0.05) is 50.3 Å². The van der Waals surface area contributed by atoms with Gasteiger partial charge in [-0.3, -0.25) is 9.69 Å². The number of nitrogens with one attached hydrogen (secondary N) is 1. The number of morpholine rings is 1. The first-order valence-electron chi connectivity index (χ1n) is 7.62. The van der Waals surface area contributed by atoms with E-state index < -0.39 is 0 Å². The van der Waals surface area contributed by atoms with Crippen molar-refractivity contribution in [3.05, 3.63) is 35.9 Å². The van der Waals surface area contributed by atoms with Gasteiger partial charge >= 0.3 is 0 Å². The van der Waals surface area contributed by atoms with Crippen molar-refractivity contribution in [3.8, 4) is 0 Å². The summed E-state index contributed by atoms with van der Waals surface area (Å²) in [7, 11) is 0. The lowest BCUT2D eigenvalue weighted by Gasteiger charge is -2.27. The van der Waals surface area contributed by atoms with Crippen molar-refractivity contribution >= 4 is 5.78 Å². The van der Waals surface area contributed by atoms with Crippen LogP contribution in [0.25, 0.3) is 0 Å². The van der Waals surface area contributed by atoms with E-state index in [0.29, 0.717) is 6.42 Å². The van der Waals surface area contributed by atoms with Crippen molar-refractivity contribution in [1.82, 2.24) is 10.2 Å². The Morgan fingerprint density at radius 2 is 2.14 bits per heavy atom. The van der Waals surface area contributed by atoms with E-state index >= 15 is 0 Å². The summed E-state index contributed by atoms with van der Waals surface area (Å²) in [6, 6.07) is 3.83. The third-order valence-corrected chi connectivity index (χ3v) is 4.08. The Morgan fingerprint density at radius 3 is 2.90 bits per heavy atom. The molecule has 21 heavy (non-hydrogen) atoms. The van der Waals surface area contributed by atoms with Crippen molar-refractivity contribution < 1.29 is 13.9 Å². The van der Waals surface area contributed by atoms with E-state index in [1.807, 2.05) is 12.1 Å². The highest BCUT2D eigenvalue weighted by Gasteiger charge is 2.24. The van der Waals surface area contributed by atoms with E-state index in [4.69, 9.17) is 9.15 Å². The summed E-state index contributed by atoms with van der Waals surface area (Å²) in [5, 5.41) is 3.41. The van der Waals surface area contributed by atoms with Gasteiger partial charge in [0.05, 0.1) is 19.5 Å². The fourth-order valence-corrected chi connectivity index (χ4v) is 2.94. The SMILES string of the molecule is O=C1C=C(NCCN2CCOCC2)CC(c2ccco2)C1. The summed E-state index contributed by atoms with van der Waals surface area (Å²) in [4.78, 5) is 14.2. The number of rotatable bonds is 5. The van der Waals surface area contributed by atoms with E-state index in [-0.39, 0.29) is 11.7 Å². The maximum atomic E-state index is 11.9. The molecule has 0 bridgehead atoms. The zero-order valence-electron chi connectivity index (χ0n) is 12.2. The first-order valence-corrected chi connectivity index (χ1v) is 7.62. The lowest BCUT2D eigenvalue weighted by atomic mass is 9.89. The van der Waals surface area contributed by atoms with E-state index in [1.165, 1.54) is 0 Å². The van der Waals surface area contributed by atoms with Crippen molar-refractivity contribution in [2.24, 2.45) is 0 Å². The minimum atomic E-state index is 0.170. The first kappa shape index (κ1) is 14.4. The number of hydrogen-bond acceptors (Lipinski definition) is 5. The Bertz CT molecular complexity index is 490. The van der Waals surface area contributed by atoms with Gasteiger partial charge < -0.3 is 14.5 Å². The monoisotopic (exact) mass is 290 g/mol. The van der Waals surface area contributed by atoms with E-state index in [9.17, 15) is 4.79 Å². The number of ketones is 1. The number of hydrogen-bond donors (Lipinski definition) is 1. The highest BCUT2D eigenvalue weighted by atomic mass is 16.5. The zero-order chi connectivity index (χ0) is 14.5. The number of ether oxygens (including phenoxy) is 1. The van der Waals surface area contributed by atoms with Crippen LogP contribution >= 0.6 is 0 Å². The van der Waals surface area contributed by atoms with Crippen LogP contribution in [-0.2, 0) is 9.53 Å². The summed E-state index contributed by atoms with van der Waals surface area (Å²) in [6.07, 6.45) is 4.81. The third-order valence-electron chi connectivity index (χ3n) is 4.08. The largest absolute Gasteiger partial charge is 0.469 e. The molecule has 1 unspecified atom stereocenters. The number of allylic oxidation sites excluding steroid dienone is 2. The van der Waals surface area contributed by atoms with Crippen LogP contribution in [0.4, 0.5) is 0 Å². The van der Waals surface area contributed by atoms with Gasteiger partial charge in [-0.25, -0.2) is 0 Å². The van der Waals surface area contributed by atoms with Gasteiger partial charge in [-0.15, -0.1) is 0 Å². The van der Waals surface area contributed by atoms with Crippen molar-refractivity contribution in [2.75, 3.05) is 39.4 Å². The highest BCUT2D eigenvalue weighted by Crippen LogP contribution is 2.30. The Morgan fingerprint density at radius 1 is 1.29 bits per heavy atom. The molecule has 114 valence electrons. The molecule has 0 saturated carbocycles. The normalized spacial score (nSPS) is 23.9. The van der Waals surface area contributed by atoms with Crippen LogP contribution in [0.1, 0.15) is 24.5 Å². The molecule has 2 aliphatic rings. The Hall–Kier alpha value is -1.59. The Balaban J connectivity index is 1.49. The van der Waals surface area contributed by atoms with Crippen molar-refractivity contribution in [3.63, 3.8) is 0 Å². The maximum Gasteiger partial charge on any atom is 0.158 e. The molecule has 0 amide bonds. The highest BCUT2D eigenvalue weighted by molar-refractivity contribution is 5.91. The summed E-state index contributed by atoms with van der Waals surface area (Å²) >= 11 is 0. The molecule has 1 aliphatic heterocycles. The van der Waals surface area contributed by atoms with E-state index in [2.05, 4.69) is 10.2 Å². The van der Waals surface area contributed by atoms with Crippen molar-refractivity contribution in [2.45, 2.75) is 18.8 Å². The summed E-state index contributed by atoms with van der Waals surface area (Å²) in [6.45, 7) is 5.48. The van der Waals surface area contributed by atoms with E-state index in [1.54, 1.807) is 12.3 Å². The molecular formula is C16H22N2O3. The molecule has 0 aromatic carbocycles. The first-order chi connectivity index (χ1) is 10.3. The van der Waals surface area contributed by atoms with Crippen LogP contribution in [0.5, 0.6) is 0 Å². The van der Waals surface area contributed by atoms with Gasteiger partial charge in [-0.1, -0.05) is 0 Å². The predicted octanol–water partition coefficient (Wildman–Crippen LogP) is 1.53. The van der Waals surface area contributed by atoms with Gasteiger partial charge in [0.25, 0.3) is 0 Å². The van der Waals surface area contributed by atoms with Gasteiger partial charge in [-0.05, 0) is 18.6 Å². The fraction of sp³-hybridized carbons (Fsp3) is 0.562. The standard InChI is InChI=1S/C16H22N2O3/c19-15-11-13(16-2-1-7-21-16)10-14(12-15)17-3-4-18-5-8-20-9-6-18/h1-2,7,12-13,17H,3-6,8-11H2. The van der Waals surface area contributed by atoms with Gasteiger partial charge in [0.2, 0.25) is 0 Å². The van der Waals surface area contributed by atoms with Crippen molar-refractivity contribution in [1.29, 1.82) is 0 Å². The molecule has 1 fully saturated rings. The lowest BCUT2D eigenvalue weighted by Crippen LogP contribution is -2.40. The second-order valence-electron chi connectivity index (χ2n) is 5.64. The van der Waals surface area contributed by atoms with Crippen LogP contribution in [0, 0.1) is 0 Å². The maximum absolute atomic E-state index is 11.9. The third kappa shape index (κ3) is 3.95. The quantitative estimate of drug-likeness (QED) is 0.891. The average Bonchev–Trinajstić information content (AvgIpc) is 3.02. The molecule has 1 aliphatic carbocycles. The summed E-state index contributed by atoms with van der Waals surface area (Å²) in [5.74, 6) is 1.25. The second kappa shape index (κ2) is 6.91. The molecule has 5 heteroatoms. The molecule has 1 aromatic rings. The number of carbonyl (C=O) groups excluding carboxylic acids is 1. The predicted molar refractivity (Wildman–Crippen MR) is 79.0 cm³/mol. The minimum absolute atomic E-state index is 0.170. The summed E-state index contributed by atoms with van der Waals surface area (Å²) < 4.78 is 10.8. The minimum Gasteiger partial charge on any atom is -0.469 e. The molecule has 0 radical (unpaired) electrons. The second-order valence-corrected chi connectivity index (χ2v) is 5.64. The number of furan rings is 1. The van der Waals surface area contributed by atoms with E-state index in [0.717, 1.165) is 57.3 Å². The molecule has 0 spiro atoms. The van der Waals surface area contributed by atoms with Gasteiger partial charge in [0.1, 0.15) is 5.76 Å². The number of nitrogens with zero attached hydrogens (tertiary/aromatic N) is 1. The smallest absolute Gasteiger partial charge is 0.158 e. The zero-order valence-corrected chi connectivity index (χ0v) is 12.2. The molecule has 1 aromatic heterocycles. The lowest BCUT2D eigenvalue weighted by molar-refractivity contribution is -0.115. The molecular weight excluding hydrogens is 268 g/mol. The fourth-order valence-electron chi connectivity index (χ4n) is 2.94. The molecule has 1 atom stereocenters. The van der Waals surface area contributed by atoms with Gasteiger partial charge in [0.15, 0.2) is 5.78 Å². The molecule has 2 heterocycles. The molecule has 3 rings (SSSR count). The molecule has 5 nitrogen and oxygen atoms in total. The van der Waals surface area contributed by atoms with Crippen LogP contribution in [0.3, 0.4) is 0 Å².